The van der Waals surface area contributed by atoms with Gasteiger partial charge in [0.25, 0.3) is 0 Å². The number of nitrogens with zero attached hydrogens (tertiary/aromatic N) is 2. The predicted octanol–water partition coefficient (Wildman–Crippen LogP) is 1.18. The van der Waals surface area contributed by atoms with E-state index in [4.69, 9.17) is 5.84 Å². The topological polar surface area (TPSA) is 88.3 Å². The van der Waals surface area contributed by atoms with E-state index >= 15 is 0 Å². The summed E-state index contributed by atoms with van der Waals surface area (Å²) in [4.78, 5) is 4.18. The van der Waals surface area contributed by atoms with E-state index in [9.17, 15) is 8.42 Å². The second-order valence-electron chi connectivity index (χ2n) is 5.22. The van der Waals surface area contributed by atoms with Gasteiger partial charge in [-0.15, -0.1) is 0 Å². The molecule has 1 aromatic heterocycles. The average molecular weight is 284 g/mol. The smallest absolute Gasteiger partial charge is 0.244 e. The third-order valence-corrected chi connectivity index (χ3v) is 4.89. The highest BCUT2D eigenvalue weighted by atomic mass is 32.2. The lowest BCUT2D eigenvalue weighted by Crippen LogP contribution is -2.36. The van der Waals surface area contributed by atoms with E-state index in [0.29, 0.717) is 18.3 Å². The van der Waals surface area contributed by atoms with Crippen molar-refractivity contribution in [3.63, 3.8) is 0 Å². The Kier molecular flexibility index (Phi) is 4.07. The number of nitrogens with two attached hydrogens (primary N) is 1. The third-order valence-electron chi connectivity index (χ3n) is 2.99. The lowest BCUT2D eigenvalue weighted by atomic mass is 10.2. The highest BCUT2D eigenvalue weighted by Gasteiger charge is 2.38. The van der Waals surface area contributed by atoms with Gasteiger partial charge in [0.2, 0.25) is 10.0 Å². The van der Waals surface area contributed by atoms with Crippen molar-refractivity contribution in [1.29, 1.82) is 0 Å². The number of hydrogen-bond donors (Lipinski definition) is 2. The minimum atomic E-state index is -3.46. The number of aromatic nitrogens is 1. The molecular weight excluding hydrogens is 264 g/mol. The molecule has 19 heavy (non-hydrogen) atoms. The molecule has 2 rings (SSSR count). The summed E-state index contributed by atoms with van der Waals surface area (Å²) in [5, 5.41) is 0. The van der Waals surface area contributed by atoms with Crippen molar-refractivity contribution in [3.8, 4) is 0 Å². The maximum Gasteiger partial charge on any atom is 0.244 e. The van der Waals surface area contributed by atoms with Gasteiger partial charge in [-0.3, -0.25) is 0 Å². The van der Waals surface area contributed by atoms with Crippen molar-refractivity contribution in [2.24, 2.45) is 11.8 Å². The van der Waals surface area contributed by atoms with Crippen molar-refractivity contribution in [2.75, 3.05) is 12.0 Å². The Morgan fingerprint density at radius 3 is 2.58 bits per heavy atom. The summed E-state index contributed by atoms with van der Waals surface area (Å²) in [6.07, 6.45) is 3.24. The first-order valence-electron chi connectivity index (χ1n) is 6.39. The quantitative estimate of drug-likeness (QED) is 0.605. The van der Waals surface area contributed by atoms with Crippen LogP contribution >= 0.6 is 0 Å². The van der Waals surface area contributed by atoms with Crippen molar-refractivity contribution in [2.45, 2.75) is 37.6 Å². The summed E-state index contributed by atoms with van der Waals surface area (Å²) < 4.78 is 26.8. The number of nitrogens with one attached hydrogen (secondary N) is 1. The fraction of sp³-hybridized carbons (Fsp3) is 0.583. The molecule has 1 saturated carbocycles. The summed E-state index contributed by atoms with van der Waals surface area (Å²) in [6.45, 7) is 4.58. The van der Waals surface area contributed by atoms with Gasteiger partial charge in [0.1, 0.15) is 10.7 Å². The zero-order valence-electron chi connectivity index (χ0n) is 11.2. The molecule has 0 aromatic carbocycles. The van der Waals surface area contributed by atoms with E-state index in [0.717, 1.165) is 12.8 Å². The highest BCUT2D eigenvalue weighted by molar-refractivity contribution is 7.89. The largest absolute Gasteiger partial charge is 0.308 e. The standard InChI is InChI=1S/C12H20N4O2S/c1-9(2)8-16(10-3-4-10)19(17,18)11-5-6-12(15-13)14-7-11/h5-7,9-10H,3-4,8,13H2,1-2H3,(H,14,15). The summed E-state index contributed by atoms with van der Waals surface area (Å²) in [7, 11) is -3.46. The summed E-state index contributed by atoms with van der Waals surface area (Å²) >= 11 is 0. The summed E-state index contributed by atoms with van der Waals surface area (Å²) in [5.74, 6) is 5.97. The summed E-state index contributed by atoms with van der Waals surface area (Å²) in [6, 6.07) is 3.25. The lowest BCUT2D eigenvalue weighted by Gasteiger charge is -2.23. The van der Waals surface area contributed by atoms with E-state index in [1.54, 1.807) is 10.4 Å². The Morgan fingerprint density at radius 2 is 2.16 bits per heavy atom. The van der Waals surface area contributed by atoms with Crippen LogP contribution in [0.2, 0.25) is 0 Å². The molecule has 0 radical (unpaired) electrons. The fourth-order valence-electron chi connectivity index (χ4n) is 1.92. The van der Waals surface area contributed by atoms with E-state index in [1.807, 2.05) is 13.8 Å². The van der Waals surface area contributed by atoms with Gasteiger partial charge in [-0.1, -0.05) is 13.8 Å². The first kappa shape index (κ1) is 14.2. The van der Waals surface area contributed by atoms with Gasteiger partial charge in [-0.25, -0.2) is 19.2 Å². The zero-order valence-corrected chi connectivity index (χ0v) is 12.0. The molecule has 1 heterocycles. The SMILES string of the molecule is CC(C)CN(C1CC1)S(=O)(=O)c1ccc(NN)nc1. The molecule has 0 saturated heterocycles. The Morgan fingerprint density at radius 1 is 1.47 bits per heavy atom. The van der Waals surface area contributed by atoms with Crippen LogP contribution < -0.4 is 11.3 Å². The van der Waals surface area contributed by atoms with Crippen LogP contribution in [-0.2, 0) is 10.0 Å². The molecule has 0 aliphatic heterocycles. The lowest BCUT2D eigenvalue weighted by molar-refractivity contribution is 0.360. The van der Waals surface area contributed by atoms with Crippen LogP contribution in [0.1, 0.15) is 26.7 Å². The van der Waals surface area contributed by atoms with Crippen LogP contribution in [0.25, 0.3) is 0 Å². The second-order valence-corrected chi connectivity index (χ2v) is 7.11. The van der Waals surface area contributed by atoms with E-state index < -0.39 is 10.0 Å². The van der Waals surface area contributed by atoms with Gasteiger partial charge in [-0.2, -0.15) is 4.31 Å². The van der Waals surface area contributed by atoms with Crippen LogP contribution in [0.5, 0.6) is 0 Å². The van der Waals surface area contributed by atoms with Crippen molar-refractivity contribution in [1.82, 2.24) is 9.29 Å². The van der Waals surface area contributed by atoms with Gasteiger partial charge in [-0.05, 0) is 30.9 Å². The molecule has 0 atom stereocenters. The van der Waals surface area contributed by atoms with Crippen LogP contribution in [0.15, 0.2) is 23.2 Å². The molecule has 0 amide bonds. The van der Waals surface area contributed by atoms with Crippen LogP contribution in [0, 0.1) is 5.92 Å². The number of anilines is 1. The number of sulfonamides is 1. The molecule has 0 bridgehead atoms. The second kappa shape index (κ2) is 5.44. The third kappa shape index (κ3) is 3.23. The molecule has 6 nitrogen and oxygen atoms in total. The Balaban J connectivity index is 2.27. The highest BCUT2D eigenvalue weighted by Crippen LogP contribution is 2.32. The van der Waals surface area contributed by atoms with Gasteiger partial charge in [0.05, 0.1) is 0 Å². The van der Waals surface area contributed by atoms with Gasteiger partial charge >= 0.3 is 0 Å². The normalized spacial score (nSPS) is 16.1. The molecule has 7 heteroatoms. The average Bonchev–Trinajstić information content (AvgIpc) is 3.20. The summed E-state index contributed by atoms with van der Waals surface area (Å²) in [5.41, 5.74) is 2.38. The van der Waals surface area contributed by atoms with Crippen molar-refractivity contribution >= 4 is 15.8 Å². The van der Waals surface area contributed by atoms with Crippen LogP contribution in [0.4, 0.5) is 5.82 Å². The molecule has 1 aliphatic carbocycles. The molecule has 3 N–H and O–H groups in total. The van der Waals surface area contributed by atoms with Gasteiger partial charge in [0.15, 0.2) is 0 Å². The van der Waals surface area contributed by atoms with Crippen molar-refractivity contribution < 1.29 is 8.42 Å². The number of pyridine rings is 1. The molecule has 0 spiro atoms. The first-order valence-corrected chi connectivity index (χ1v) is 7.83. The predicted molar refractivity (Wildman–Crippen MR) is 73.8 cm³/mol. The first-order chi connectivity index (χ1) is 8.95. The minimum absolute atomic E-state index is 0.153. The Labute approximate surface area is 114 Å². The molecule has 106 valence electrons. The minimum Gasteiger partial charge on any atom is -0.308 e. The monoisotopic (exact) mass is 284 g/mol. The maximum absolute atomic E-state index is 12.6. The zero-order chi connectivity index (χ0) is 14.0. The van der Waals surface area contributed by atoms with E-state index in [1.165, 1.54) is 12.3 Å². The van der Waals surface area contributed by atoms with Gasteiger partial charge < -0.3 is 5.43 Å². The number of hydrazine groups is 1. The molecule has 0 unspecified atom stereocenters. The maximum atomic E-state index is 12.6. The van der Waals surface area contributed by atoms with E-state index in [2.05, 4.69) is 10.4 Å². The van der Waals surface area contributed by atoms with Crippen LogP contribution in [-0.4, -0.2) is 30.3 Å². The molecule has 1 fully saturated rings. The van der Waals surface area contributed by atoms with Crippen molar-refractivity contribution in [3.05, 3.63) is 18.3 Å². The number of hydrogen-bond acceptors (Lipinski definition) is 5. The van der Waals surface area contributed by atoms with Crippen LogP contribution in [0.3, 0.4) is 0 Å². The number of rotatable bonds is 6. The Bertz CT molecular complexity index is 523. The Hall–Kier alpha value is -1.18. The van der Waals surface area contributed by atoms with E-state index in [-0.39, 0.29) is 10.9 Å². The molecular formula is C12H20N4O2S. The van der Waals surface area contributed by atoms with Gasteiger partial charge in [0, 0.05) is 18.8 Å². The number of nitrogen functional groups attached to an aromatic ring is 1. The fourth-order valence-corrected chi connectivity index (χ4v) is 3.71. The molecule has 1 aliphatic rings. The molecule has 1 aromatic rings.